The molecule has 1 aromatic carbocycles. The molecule has 36 heavy (non-hydrogen) atoms. The Labute approximate surface area is 205 Å². The van der Waals surface area contributed by atoms with Gasteiger partial charge in [-0.15, -0.1) is 0 Å². The van der Waals surface area contributed by atoms with Crippen LogP contribution in [0.15, 0.2) is 67.3 Å². The van der Waals surface area contributed by atoms with Gasteiger partial charge in [0.2, 0.25) is 12.7 Å². The SMILES string of the molecule is O=C(NCCc1ccncc1)C(c1ccc2c(c1)OCO2)N(CCc1ccncc1)C(=O)C(F)(F)F. The molecule has 188 valence electrons. The van der Waals surface area contributed by atoms with Crippen molar-refractivity contribution >= 4 is 11.8 Å². The van der Waals surface area contributed by atoms with Crippen molar-refractivity contribution in [2.75, 3.05) is 19.9 Å². The number of benzene rings is 1. The van der Waals surface area contributed by atoms with Crippen LogP contribution >= 0.6 is 0 Å². The second kappa shape index (κ2) is 11.1. The number of aromatic nitrogens is 2. The van der Waals surface area contributed by atoms with Crippen LogP contribution in [0, 0.1) is 0 Å². The van der Waals surface area contributed by atoms with Crippen molar-refractivity contribution in [2.24, 2.45) is 0 Å². The standard InChI is InChI=1S/C25H23F3N4O4/c26-25(27,28)24(34)32(14-8-18-5-11-30-12-6-18)22(19-1-2-20-21(15-19)36-16-35-20)23(33)31-13-7-17-3-9-29-10-4-17/h1-6,9-12,15,22H,7-8,13-14,16H2,(H,31,33). The lowest BCUT2D eigenvalue weighted by molar-refractivity contribution is -0.188. The number of fused-ring (bicyclic) bond motifs is 1. The van der Waals surface area contributed by atoms with Gasteiger partial charge in [-0.3, -0.25) is 19.6 Å². The largest absolute Gasteiger partial charge is 0.471 e. The number of carbonyl (C=O) groups excluding carboxylic acids is 2. The molecule has 0 bridgehead atoms. The molecule has 11 heteroatoms. The van der Waals surface area contributed by atoms with E-state index < -0.39 is 24.0 Å². The maximum atomic E-state index is 13.7. The molecule has 8 nitrogen and oxygen atoms in total. The monoisotopic (exact) mass is 500 g/mol. The first kappa shape index (κ1) is 25.0. The van der Waals surface area contributed by atoms with Crippen LogP contribution in [0.4, 0.5) is 13.2 Å². The van der Waals surface area contributed by atoms with E-state index in [1.165, 1.54) is 30.6 Å². The fraction of sp³-hybridized carbons (Fsp3) is 0.280. The highest BCUT2D eigenvalue weighted by molar-refractivity contribution is 5.91. The van der Waals surface area contributed by atoms with Crippen LogP contribution in [0.3, 0.4) is 0 Å². The summed E-state index contributed by atoms with van der Waals surface area (Å²) in [4.78, 5) is 34.3. The zero-order valence-corrected chi connectivity index (χ0v) is 19.1. The second-order valence-electron chi connectivity index (χ2n) is 8.01. The summed E-state index contributed by atoms with van der Waals surface area (Å²) < 4.78 is 51.7. The van der Waals surface area contributed by atoms with Gasteiger partial charge in [0.1, 0.15) is 6.04 Å². The molecule has 1 atom stereocenters. The molecular formula is C25H23F3N4O4. The van der Waals surface area contributed by atoms with Gasteiger partial charge in [0.25, 0.3) is 0 Å². The molecule has 1 N–H and O–H groups in total. The van der Waals surface area contributed by atoms with E-state index in [2.05, 4.69) is 15.3 Å². The predicted molar refractivity (Wildman–Crippen MR) is 122 cm³/mol. The van der Waals surface area contributed by atoms with Gasteiger partial charge in [0.05, 0.1) is 0 Å². The fourth-order valence-corrected chi connectivity index (χ4v) is 3.84. The lowest BCUT2D eigenvalue weighted by atomic mass is 10.0. The molecule has 0 saturated heterocycles. The van der Waals surface area contributed by atoms with E-state index in [0.717, 1.165) is 5.56 Å². The third kappa shape index (κ3) is 6.09. The first-order chi connectivity index (χ1) is 17.3. The van der Waals surface area contributed by atoms with Crippen LogP contribution in [-0.4, -0.2) is 52.7 Å². The Balaban J connectivity index is 1.63. The van der Waals surface area contributed by atoms with Crippen LogP contribution in [0.1, 0.15) is 22.7 Å². The first-order valence-corrected chi connectivity index (χ1v) is 11.2. The Morgan fingerprint density at radius 2 is 1.53 bits per heavy atom. The lowest BCUT2D eigenvalue weighted by Crippen LogP contribution is -2.49. The molecule has 1 aliphatic rings. The van der Waals surface area contributed by atoms with E-state index in [1.54, 1.807) is 36.7 Å². The van der Waals surface area contributed by atoms with Gasteiger partial charge in [-0.05, 0) is 65.9 Å². The predicted octanol–water partition coefficient (Wildman–Crippen LogP) is 3.24. The summed E-state index contributed by atoms with van der Waals surface area (Å²) in [6.45, 7) is -0.240. The number of hydrogen-bond acceptors (Lipinski definition) is 6. The van der Waals surface area contributed by atoms with Crippen molar-refractivity contribution in [1.82, 2.24) is 20.2 Å². The number of hydrogen-bond donors (Lipinski definition) is 1. The van der Waals surface area contributed by atoms with Crippen molar-refractivity contribution in [3.8, 4) is 11.5 Å². The topological polar surface area (TPSA) is 93.7 Å². The first-order valence-electron chi connectivity index (χ1n) is 11.2. The third-order valence-corrected chi connectivity index (χ3v) is 5.63. The summed E-state index contributed by atoms with van der Waals surface area (Å²) in [5, 5.41) is 2.68. The van der Waals surface area contributed by atoms with Crippen molar-refractivity contribution in [3.05, 3.63) is 83.9 Å². The van der Waals surface area contributed by atoms with Crippen molar-refractivity contribution in [1.29, 1.82) is 0 Å². The van der Waals surface area contributed by atoms with Gasteiger partial charge >= 0.3 is 12.1 Å². The van der Waals surface area contributed by atoms with E-state index >= 15 is 0 Å². The highest BCUT2D eigenvalue weighted by atomic mass is 19.4. The van der Waals surface area contributed by atoms with Gasteiger partial charge in [0, 0.05) is 37.9 Å². The molecule has 2 aromatic heterocycles. The maximum Gasteiger partial charge on any atom is 0.471 e. The van der Waals surface area contributed by atoms with Crippen LogP contribution < -0.4 is 14.8 Å². The Morgan fingerprint density at radius 1 is 0.917 bits per heavy atom. The number of halogens is 3. The Bertz CT molecular complexity index is 1190. The molecule has 1 unspecified atom stereocenters. The van der Waals surface area contributed by atoms with Gasteiger partial charge in [0.15, 0.2) is 11.5 Å². The number of ether oxygens (including phenoxy) is 2. The molecule has 2 amide bonds. The minimum Gasteiger partial charge on any atom is -0.454 e. The highest BCUT2D eigenvalue weighted by Gasteiger charge is 2.46. The molecule has 3 aromatic rings. The summed E-state index contributed by atoms with van der Waals surface area (Å²) in [5.74, 6) is -2.16. The quantitative estimate of drug-likeness (QED) is 0.485. The molecule has 1 aliphatic heterocycles. The molecule has 0 saturated carbocycles. The number of carbonyl (C=O) groups is 2. The fourth-order valence-electron chi connectivity index (χ4n) is 3.84. The molecule has 0 spiro atoms. The zero-order chi connectivity index (χ0) is 25.5. The van der Waals surface area contributed by atoms with Crippen molar-refractivity contribution < 1.29 is 32.2 Å². The summed E-state index contributed by atoms with van der Waals surface area (Å²) in [5.41, 5.74) is 1.74. The minimum atomic E-state index is -5.18. The number of nitrogens with one attached hydrogen (secondary N) is 1. The maximum absolute atomic E-state index is 13.7. The van der Waals surface area contributed by atoms with Gasteiger partial charge < -0.3 is 19.7 Å². The molecule has 0 aliphatic carbocycles. The molecule has 0 radical (unpaired) electrons. The van der Waals surface area contributed by atoms with E-state index in [9.17, 15) is 22.8 Å². The molecule has 3 heterocycles. The normalized spacial score (nSPS) is 13.2. The second-order valence-corrected chi connectivity index (χ2v) is 8.01. The molecule has 4 rings (SSSR count). The van der Waals surface area contributed by atoms with Crippen LogP contribution in [0.25, 0.3) is 0 Å². The zero-order valence-electron chi connectivity index (χ0n) is 19.1. The van der Waals surface area contributed by atoms with Crippen LogP contribution in [-0.2, 0) is 22.4 Å². The Kier molecular flexibility index (Phi) is 7.67. The summed E-state index contributed by atoms with van der Waals surface area (Å²) in [6.07, 6.45) is 1.58. The lowest BCUT2D eigenvalue weighted by Gasteiger charge is -2.32. The molecule has 0 fully saturated rings. The van der Waals surface area contributed by atoms with Crippen molar-refractivity contribution in [2.45, 2.75) is 25.1 Å². The van der Waals surface area contributed by atoms with Crippen LogP contribution in [0.2, 0.25) is 0 Å². The number of alkyl halides is 3. The minimum absolute atomic E-state index is 0.0468. The van der Waals surface area contributed by atoms with E-state index in [1.807, 2.05) is 0 Å². The van der Waals surface area contributed by atoms with Crippen LogP contribution in [0.5, 0.6) is 11.5 Å². The van der Waals surface area contributed by atoms with E-state index in [-0.39, 0.29) is 37.6 Å². The summed E-state index contributed by atoms with van der Waals surface area (Å²) >= 11 is 0. The summed E-state index contributed by atoms with van der Waals surface area (Å²) in [6, 6.07) is 9.68. The van der Waals surface area contributed by atoms with Gasteiger partial charge in [-0.25, -0.2) is 0 Å². The van der Waals surface area contributed by atoms with Crippen molar-refractivity contribution in [3.63, 3.8) is 0 Å². The van der Waals surface area contributed by atoms with E-state index in [0.29, 0.717) is 22.6 Å². The third-order valence-electron chi connectivity index (χ3n) is 5.63. The number of pyridine rings is 2. The average Bonchev–Trinajstić information content (AvgIpc) is 3.35. The molecular weight excluding hydrogens is 477 g/mol. The Morgan fingerprint density at radius 3 is 2.17 bits per heavy atom. The smallest absolute Gasteiger partial charge is 0.454 e. The highest BCUT2D eigenvalue weighted by Crippen LogP contribution is 2.36. The summed E-state index contributed by atoms with van der Waals surface area (Å²) in [7, 11) is 0. The average molecular weight is 500 g/mol. The van der Waals surface area contributed by atoms with Gasteiger partial charge in [-0.2, -0.15) is 13.2 Å². The number of amides is 2. The van der Waals surface area contributed by atoms with E-state index in [4.69, 9.17) is 9.47 Å². The number of rotatable bonds is 9. The number of nitrogens with zero attached hydrogens (tertiary/aromatic N) is 3. The van der Waals surface area contributed by atoms with Gasteiger partial charge in [-0.1, -0.05) is 6.07 Å². The Hall–Kier alpha value is -4.15.